The van der Waals surface area contributed by atoms with Gasteiger partial charge in [-0.25, -0.2) is 4.79 Å². The number of carboxylic acid groups (broad SMARTS) is 1. The molecular formula is C12H15N3O3. The van der Waals surface area contributed by atoms with Crippen LogP contribution in [0.3, 0.4) is 0 Å². The molecule has 6 nitrogen and oxygen atoms in total. The zero-order chi connectivity index (χ0) is 13.1. The van der Waals surface area contributed by atoms with Gasteiger partial charge in [0, 0.05) is 13.6 Å². The van der Waals surface area contributed by atoms with Crippen molar-refractivity contribution in [3.63, 3.8) is 0 Å². The first-order valence-corrected chi connectivity index (χ1v) is 5.53. The molecule has 0 amide bonds. The minimum atomic E-state index is -0.954. The van der Waals surface area contributed by atoms with E-state index >= 15 is 0 Å². The van der Waals surface area contributed by atoms with Crippen molar-refractivity contribution in [1.82, 2.24) is 14.7 Å². The normalized spacial score (nSPS) is 11.1. The topological polar surface area (TPSA) is 71.5 Å². The molecule has 0 atom stereocenters. The van der Waals surface area contributed by atoms with Crippen LogP contribution in [0.25, 0.3) is 0 Å². The van der Waals surface area contributed by atoms with E-state index in [0.717, 1.165) is 5.76 Å². The zero-order valence-corrected chi connectivity index (χ0v) is 10.3. The first kappa shape index (κ1) is 12.4. The SMILES string of the molecule is CN(Cc1ccco1)Cc1c(C(=O)O)cnn1C. The van der Waals surface area contributed by atoms with Crippen LogP contribution in [-0.4, -0.2) is 32.8 Å². The van der Waals surface area contributed by atoms with E-state index in [1.54, 1.807) is 18.0 Å². The maximum Gasteiger partial charge on any atom is 0.339 e. The number of carboxylic acids is 1. The molecular weight excluding hydrogens is 234 g/mol. The fourth-order valence-electron chi connectivity index (χ4n) is 1.81. The Morgan fingerprint density at radius 1 is 1.56 bits per heavy atom. The van der Waals surface area contributed by atoms with Crippen molar-refractivity contribution in [3.05, 3.63) is 41.6 Å². The molecule has 0 saturated carbocycles. The molecule has 96 valence electrons. The summed E-state index contributed by atoms with van der Waals surface area (Å²) in [5.74, 6) is -0.110. The number of nitrogens with zero attached hydrogens (tertiary/aromatic N) is 3. The summed E-state index contributed by atoms with van der Waals surface area (Å²) in [6, 6.07) is 3.72. The molecule has 2 aromatic heterocycles. The van der Waals surface area contributed by atoms with Crippen molar-refractivity contribution in [3.8, 4) is 0 Å². The molecule has 0 fully saturated rings. The van der Waals surface area contributed by atoms with E-state index in [1.165, 1.54) is 6.20 Å². The predicted molar refractivity (Wildman–Crippen MR) is 64.0 cm³/mol. The van der Waals surface area contributed by atoms with E-state index in [4.69, 9.17) is 9.52 Å². The summed E-state index contributed by atoms with van der Waals surface area (Å²) < 4.78 is 6.84. The van der Waals surface area contributed by atoms with E-state index in [9.17, 15) is 4.79 Å². The highest BCUT2D eigenvalue weighted by atomic mass is 16.4. The van der Waals surface area contributed by atoms with Crippen molar-refractivity contribution in [2.24, 2.45) is 7.05 Å². The van der Waals surface area contributed by atoms with Crippen LogP contribution in [0, 0.1) is 0 Å². The summed E-state index contributed by atoms with van der Waals surface area (Å²) in [6.07, 6.45) is 2.99. The molecule has 1 N–H and O–H groups in total. The molecule has 6 heteroatoms. The van der Waals surface area contributed by atoms with Crippen LogP contribution < -0.4 is 0 Å². The number of aryl methyl sites for hydroxylation is 1. The summed E-state index contributed by atoms with van der Waals surface area (Å²) in [7, 11) is 3.64. The third-order valence-electron chi connectivity index (χ3n) is 2.72. The number of furan rings is 1. The van der Waals surface area contributed by atoms with Crippen LogP contribution in [-0.2, 0) is 20.1 Å². The maximum absolute atomic E-state index is 11.0. The second-order valence-electron chi connectivity index (χ2n) is 4.19. The molecule has 0 spiro atoms. The van der Waals surface area contributed by atoms with Crippen molar-refractivity contribution < 1.29 is 14.3 Å². The second kappa shape index (κ2) is 5.05. The Morgan fingerprint density at radius 2 is 2.33 bits per heavy atom. The number of rotatable bonds is 5. The van der Waals surface area contributed by atoms with Gasteiger partial charge in [0.2, 0.25) is 0 Å². The van der Waals surface area contributed by atoms with Crippen LogP contribution in [0.5, 0.6) is 0 Å². The molecule has 0 radical (unpaired) electrons. The Hall–Kier alpha value is -2.08. The Bertz CT molecular complexity index is 531. The number of carbonyl (C=O) groups is 1. The Balaban J connectivity index is 2.09. The molecule has 18 heavy (non-hydrogen) atoms. The fraction of sp³-hybridized carbons (Fsp3) is 0.333. The lowest BCUT2D eigenvalue weighted by molar-refractivity contribution is 0.0694. The van der Waals surface area contributed by atoms with Crippen LogP contribution in [0.15, 0.2) is 29.0 Å². The lowest BCUT2D eigenvalue weighted by Crippen LogP contribution is -2.20. The van der Waals surface area contributed by atoms with Crippen LogP contribution in [0.1, 0.15) is 21.8 Å². The van der Waals surface area contributed by atoms with Gasteiger partial charge in [-0.15, -0.1) is 0 Å². The number of aromatic nitrogens is 2. The number of aromatic carboxylic acids is 1. The maximum atomic E-state index is 11.0. The van der Waals surface area contributed by atoms with E-state index in [-0.39, 0.29) is 5.56 Å². The minimum Gasteiger partial charge on any atom is -0.478 e. The lowest BCUT2D eigenvalue weighted by atomic mass is 10.2. The molecule has 2 heterocycles. The van der Waals surface area contributed by atoms with Gasteiger partial charge in [0.25, 0.3) is 0 Å². The van der Waals surface area contributed by atoms with Crippen LogP contribution in [0.4, 0.5) is 0 Å². The monoisotopic (exact) mass is 249 g/mol. The number of hydrogen-bond acceptors (Lipinski definition) is 4. The highest BCUT2D eigenvalue weighted by Gasteiger charge is 2.16. The molecule has 0 aliphatic heterocycles. The third-order valence-corrected chi connectivity index (χ3v) is 2.72. The molecule has 0 aliphatic carbocycles. The first-order chi connectivity index (χ1) is 8.58. The first-order valence-electron chi connectivity index (χ1n) is 5.53. The molecule has 2 rings (SSSR count). The van der Waals surface area contributed by atoms with Gasteiger partial charge >= 0.3 is 5.97 Å². The smallest absolute Gasteiger partial charge is 0.339 e. The average Bonchev–Trinajstić information content (AvgIpc) is 2.90. The zero-order valence-electron chi connectivity index (χ0n) is 10.3. The summed E-state index contributed by atoms with van der Waals surface area (Å²) >= 11 is 0. The Labute approximate surface area is 104 Å². The minimum absolute atomic E-state index is 0.240. The Kier molecular flexibility index (Phi) is 3.47. The summed E-state index contributed by atoms with van der Waals surface area (Å²) in [5.41, 5.74) is 0.917. The summed E-state index contributed by atoms with van der Waals surface area (Å²) in [4.78, 5) is 13.0. The highest BCUT2D eigenvalue weighted by molar-refractivity contribution is 5.88. The predicted octanol–water partition coefficient (Wildman–Crippen LogP) is 1.34. The molecule has 0 unspecified atom stereocenters. The lowest BCUT2D eigenvalue weighted by Gasteiger charge is -2.15. The third kappa shape index (κ3) is 2.60. The van der Waals surface area contributed by atoms with Gasteiger partial charge in [-0.1, -0.05) is 0 Å². The number of hydrogen-bond donors (Lipinski definition) is 1. The van der Waals surface area contributed by atoms with Gasteiger partial charge in [-0.2, -0.15) is 5.10 Å². The van der Waals surface area contributed by atoms with Gasteiger partial charge in [0.05, 0.1) is 24.7 Å². The van der Waals surface area contributed by atoms with Gasteiger partial charge in [-0.3, -0.25) is 9.58 Å². The van der Waals surface area contributed by atoms with Crippen LogP contribution >= 0.6 is 0 Å². The van der Waals surface area contributed by atoms with Crippen molar-refractivity contribution in [2.75, 3.05) is 7.05 Å². The van der Waals surface area contributed by atoms with Gasteiger partial charge in [-0.05, 0) is 19.2 Å². The largest absolute Gasteiger partial charge is 0.478 e. The summed E-state index contributed by atoms with van der Waals surface area (Å²) in [6.45, 7) is 1.12. The molecule has 0 bridgehead atoms. The van der Waals surface area contributed by atoms with Gasteiger partial charge in [0.1, 0.15) is 11.3 Å². The second-order valence-corrected chi connectivity index (χ2v) is 4.19. The fourth-order valence-corrected chi connectivity index (χ4v) is 1.81. The standard InChI is InChI=1S/C12H15N3O3/c1-14(7-9-4-3-5-18-9)8-11-10(12(16)17)6-13-15(11)2/h3-6H,7-8H2,1-2H3,(H,16,17). The summed E-state index contributed by atoms with van der Waals surface area (Å²) in [5, 5.41) is 13.0. The van der Waals surface area contributed by atoms with Crippen molar-refractivity contribution in [2.45, 2.75) is 13.1 Å². The van der Waals surface area contributed by atoms with Crippen molar-refractivity contribution >= 4 is 5.97 Å². The average molecular weight is 249 g/mol. The molecule has 0 aromatic carbocycles. The van der Waals surface area contributed by atoms with E-state index < -0.39 is 5.97 Å². The highest BCUT2D eigenvalue weighted by Crippen LogP contribution is 2.12. The van der Waals surface area contributed by atoms with E-state index in [0.29, 0.717) is 18.8 Å². The van der Waals surface area contributed by atoms with Crippen LogP contribution in [0.2, 0.25) is 0 Å². The quantitative estimate of drug-likeness (QED) is 0.865. The molecule has 0 aliphatic rings. The molecule has 0 saturated heterocycles. The Morgan fingerprint density at radius 3 is 2.94 bits per heavy atom. The van der Waals surface area contributed by atoms with E-state index in [1.807, 2.05) is 24.1 Å². The van der Waals surface area contributed by atoms with E-state index in [2.05, 4.69) is 5.10 Å². The molecule has 2 aromatic rings. The van der Waals surface area contributed by atoms with Gasteiger partial charge in [0.15, 0.2) is 0 Å². The van der Waals surface area contributed by atoms with Gasteiger partial charge < -0.3 is 9.52 Å². The van der Waals surface area contributed by atoms with Crippen molar-refractivity contribution in [1.29, 1.82) is 0 Å².